The van der Waals surface area contributed by atoms with Crippen LogP contribution in [0, 0.1) is 11.3 Å². The fourth-order valence-corrected chi connectivity index (χ4v) is 5.13. The molecule has 0 spiro atoms. The van der Waals surface area contributed by atoms with Crippen LogP contribution in [0.1, 0.15) is 35.2 Å². The Morgan fingerprint density at radius 1 is 1.17 bits per heavy atom. The van der Waals surface area contributed by atoms with Crippen LogP contribution in [0.5, 0.6) is 0 Å². The van der Waals surface area contributed by atoms with E-state index in [1.54, 1.807) is 11.3 Å². The Morgan fingerprint density at radius 2 is 2.00 bits per heavy atom. The molecule has 1 aliphatic rings. The number of thioether (sulfide) groups is 1. The number of carbonyl (C=O) groups excluding carboxylic acids is 1. The number of thiophene rings is 1. The largest absolute Gasteiger partial charge is 0.460 e. The summed E-state index contributed by atoms with van der Waals surface area (Å²) in [7, 11) is 0. The molecule has 3 aromatic rings. The summed E-state index contributed by atoms with van der Waals surface area (Å²) in [4.78, 5) is 18.1. The zero-order valence-electron chi connectivity index (χ0n) is 15.9. The van der Waals surface area contributed by atoms with Crippen molar-refractivity contribution in [3.8, 4) is 16.5 Å². The van der Waals surface area contributed by atoms with Crippen LogP contribution in [-0.4, -0.2) is 16.7 Å². The number of hydrogen-bond donors (Lipinski definition) is 0. The lowest BCUT2D eigenvalue weighted by Gasteiger charge is -2.21. The summed E-state index contributed by atoms with van der Waals surface area (Å²) in [6.45, 7) is 0.253. The van der Waals surface area contributed by atoms with E-state index < -0.39 is 0 Å². The number of ether oxygens (including phenoxy) is 1. The molecule has 1 aliphatic carbocycles. The monoisotopic (exact) mass is 420 g/mol. The molecule has 0 saturated carbocycles. The molecule has 0 radical (unpaired) electrons. The van der Waals surface area contributed by atoms with Crippen molar-refractivity contribution in [2.45, 2.75) is 37.3 Å². The van der Waals surface area contributed by atoms with Crippen molar-refractivity contribution in [3.63, 3.8) is 0 Å². The number of pyridine rings is 1. The number of carbonyl (C=O) groups is 1. The Hall–Kier alpha value is -2.62. The van der Waals surface area contributed by atoms with Crippen molar-refractivity contribution < 1.29 is 9.53 Å². The van der Waals surface area contributed by atoms with Crippen molar-refractivity contribution in [1.29, 1.82) is 5.26 Å². The predicted octanol–water partition coefficient (Wildman–Crippen LogP) is 5.40. The van der Waals surface area contributed by atoms with E-state index in [1.807, 2.05) is 41.8 Å². The van der Waals surface area contributed by atoms with Gasteiger partial charge in [-0.05, 0) is 48.3 Å². The van der Waals surface area contributed by atoms with Gasteiger partial charge in [0.2, 0.25) is 0 Å². The molecule has 0 saturated heterocycles. The topological polar surface area (TPSA) is 63.0 Å². The first-order valence-corrected chi connectivity index (χ1v) is 11.4. The van der Waals surface area contributed by atoms with E-state index in [2.05, 4.69) is 12.1 Å². The normalized spacial score (nSPS) is 12.8. The number of hydrogen-bond acceptors (Lipinski definition) is 6. The zero-order chi connectivity index (χ0) is 20.1. The number of aryl methyl sites for hydroxylation is 1. The first-order chi connectivity index (χ1) is 14.3. The molecule has 0 N–H and O–H groups in total. The van der Waals surface area contributed by atoms with E-state index in [1.165, 1.54) is 17.3 Å². The molecule has 0 fully saturated rings. The molecule has 1 aromatic carbocycles. The number of nitriles is 1. The summed E-state index contributed by atoms with van der Waals surface area (Å²) in [5.41, 5.74) is 4.81. The molecule has 2 heterocycles. The molecule has 2 aromatic heterocycles. The molecule has 0 amide bonds. The van der Waals surface area contributed by atoms with E-state index in [4.69, 9.17) is 9.72 Å². The second kappa shape index (κ2) is 9.25. The van der Waals surface area contributed by atoms with Gasteiger partial charge in [-0.15, -0.1) is 11.3 Å². The fourth-order valence-electron chi connectivity index (χ4n) is 3.53. The van der Waals surface area contributed by atoms with Crippen molar-refractivity contribution in [1.82, 2.24) is 4.98 Å². The first-order valence-electron chi connectivity index (χ1n) is 9.58. The predicted molar refractivity (Wildman–Crippen MR) is 116 cm³/mol. The van der Waals surface area contributed by atoms with Crippen molar-refractivity contribution >= 4 is 29.1 Å². The van der Waals surface area contributed by atoms with Gasteiger partial charge in [-0.2, -0.15) is 5.26 Å². The van der Waals surface area contributed by atoms with Gasteiger partial charge in [0.1, 0.15) is 17.7 Å². The number of fused-ring (bicyclic) bond motifs is 1. The van der Waals surface area contributed by atoms with E-state index >= 15 is 0 Å². The van der Waals surface area contributed by atoms with Gasteiger partial charge in [-0.1, -0.05) is 48.2 Å². The van der Waals surface area contributed by atoms with Gasteiger partial charge in [0.25, 0.3) is 0 Å². The number of nitrogens with zero attached hydrogens (tertiary/aromatic N) is 2. The Labute approximate surface area is 178 Å². The van der Waals surface area contributed by atoms with Crippen LogP contribution in [0.25, 0.3) is 10.4 Å². The average molecular weight is 421 g/mol. The van der Waals surface area contributed by atoms with Crippen LogP contribution in [0.3, 0.4) is 0 Å². The lowest BCUT2D eigenvalue weighted by atomic mass is 9.89. The van der Waals surface area contributed by atoms with E-state index in [-0.39, 0.29) is 18.3 Å². The van der Waals surface area contributed by atoms with E-state index in [0.717, 1.165) is 47.4 Å². The third-order valence-electron chi connectivity index (χ3n) is 4.89. The number of aromatic nitrogens is 1. The van der Waals surface area contributed by atoms with Gasteiger partial charge in [-0.25, -0.2) is 4.98 Å². The second-order valence-corrected chi connectivity index (χ2v) is 8.74. The van der Waals surface area contributed by atoms with Crippen LogP contribution in [0.15, 0.2) is 52.9 Å². The maximum Gasteiger partial charge on any atom is 0.316 e. The molecule has 29 heavy (non-hydrogen) atoms. The molecule has 4 nitrogen and oxygen atoms in total. The van der Waals surface area contributed by atoms with Crippen LogP contribution >= 0.6 is 23.1 Å². The molecule has 6 heteroatoms. The summed E-state index contributed by atoms with van der Waals surface area (Å²) in [6.07, 6.45) is 4.11. The highest BCUT2D eigenvalue weighted by Crippen LogP contribution is 2.39. The summed E-state index contributed by atoms with van der Waals surface area (Å²) in [6, 6.07) is 16.0. The van der Waals surface area contributed by atoms with Crippen molar-refractivity contribution in [2.24, 2.45) is 0 Å². The number of rotatable bonds is 6. The van der Waals surface area contributed by atoms with Gasteiger partial charge >= 0.3 is 5.97 Å². The van der Waals surface area contributed by atoms with Crippen LogP contribution in [0.2, 0.25) is 0 Å². The number of esters is 1. The van der Waals surface area contributed by atoms with Crippen LogP contribution in [-0.2, 0) is 29.0 Å². The lowest BCUT2D eigenvalue weighted by Crippen LogP contribution is -2.12. The summed E-state index contributed by atoms with van der Waals surface area (Å²) < 4.78 is 5.37. The first kappa shape index (κ1) is 19.7. The maximum absolute atomic E-state index is 12.2. The van der Waals surface area contributed by atoms with E-state index in [9.17, 15) is 10.1 Å². The van der Waals surface area contributed by atoms with Crippen molar-refractivity contribution in [2.75, 3.05) is 5.75 Å². The minimum atomic E-state index is -0.306. The molecule has 0 unspecified atom stereocenters. The molecular formula is C23H20N2O2S2. The minimum absolute atomic E-state index is 0.136. The minimum Gasteiger partial charge on any atom is -0.460 e. The number of benzene rings is 1. The summed E-state index contributed by atoms with van der Waals surface area (Å²) >= 11 is 2.93. The highest BCUT2D eigenvalue weighted by molar-refractivity contribution is 7.99. The highest BCUT2D eigenvalue weighted by Gasteiger charge is 2.24. The standard InChI is InChI=1S/C23H20N2O2S2/c24-13-18-22(20-11-6-12-28-20)17-9-4-5-10-19(17)25-23(18)29-15-21(26)27-14-16-7-2-1-3-8-16/h1-3,6-8,11-12H,4-5,9-10,14-15H2. The maximum atomic E-state index is 12.2. The molecular weight excluding hydrogens is 400 g/mol. The second-order valence-electron chi connectivity index (χ2n) is 6.82. The highest BCUT2D eigenvalue weighted by atomic mass is 32.2. The van der Waals surface area contributed by atoms with Crippen LogP contribution < -0.4 is 0 Å². The smallest absolute Gasteiger partial charge is 0.316 e. The van der Waals surface area contributed by atoms with E-state index in [0.29, 0.717) is 10.6 Å². The molecule has 0 bridgehead atoms. The molecule has 4 rings (SSSR count). The third kappa shape index (κ3) is 4.52. The Morgan fingerprint density at radius 3 is 2.76 bits per heavy atom. The third-order valence-corrected chi connectivity index (χ3v) is 6.73. The van der Waals surface area contributed by atoms with Gasteiger partial charge in [0, 0.05) is 16.1 Å². The molecule has 146 valence electrons. The van der Waals surface area contributed by atoms with Gasteiger partial charge in [0.15, 0.2) is 0 Å². The SMILES string of the molecule is N#Cc1c(SCC(=O)OCc2ccccc2)nc2c(c1-c1cccs1)CCCC2. The Balaban J connectivity index is 1.55. The van der Waals surface area contributed by atoms with Crippen LogP contribution in [0.4, 0.5) is 0 Å². The van der Waals surface area contributed by atoms with Gasteiger partial charge in [-0.3, -0.25) is 4.79 Å². The Bertz CT molecular complexity index is 1040. The zero-order valence-corrected chi connectivity index (χ0v) is 17.5. The summed E-state index contributed by atoms with van der Waals surface area (Å²) in [5.74, 6) is -0.170. The summed E-state index contributed by atoms with van der Waals surface area (Å²) in [5, 5.41) is 12.6. The molecule has 0 aliphatic heterocycles. The fraction of sp³-hybridized carbons (Fsp3) is 0.261. The van der Waals surface area contributed by atoms with Crippen molar-refractivity contribution in [3.05, 3.63) is 70.2 Å². The molecule has 0 atom stereocenters. The lowest BCUT2D eigenvalue weighted by molar-refractivity contribution is -0.141. The van der Waals surface area contributed by atoms with Gasteiger partial charge in [0.05, 0.1) is 11.3 Å². The Kier molecular flexibility index (Phi) is 6.28. The van der Waals surface area contributed by atoms with Gasteiger partial charge < -0.3 is 4.74 Å². The quantitative estimate of drug-likeness (QED) is 0.395. The average Bonchev–Trinajstić information content (AvgIpc) is 3.30.